The highest BCUT2D eigenvalue weighted by Gasteiger charge is 2.49. The molecule has 0 unspecified atom stereocenters. The summed E-state index contributed by atoms with van der Waals surface area (Å²) >= 11 is 2.09. The zero-order valence-electron chi connectivity index (χ0n) is 12.6. The van der Waals surface area contributed by atoms with Crippen molar-refractivity contribution in [1.29, 1.82) is 0 Å². The summed E-state index contributed by atoms with van der Waals surface area (Å²) in [7, 11) is 1.73. The first-order valence-electron chi connectivity index (χ1n) is 7.53. The van der Waals surface area contributed by atoms with Crippen molar-refractivity contribution < 1.29 is 13.9 Å². The first-order valence-corrected chi connectivity index (χ1v) is 8.61. The second-order valence-corrected chi connectivity index (χ2v) is 7.14. The number of carbonyl (C=O) groups is 1. The van der Waals surface area contributed by atoms with Crippen LogP contribution in [0.1, 0.15) is 31.2 Å². The Morgan fingerprint density at radius 3 is 2.74 bits per heavy atom. The number of aryl methyl sites for hydroxylation is 1. The highest BCUT2D eigenvalue weighted by Crippen LogP contribution is 2.51. The number of hydrogen-bond acceptors (Lipinski definition) is 3. The van der Waals surface area contributed by atoms with Crippen molar-refractivity contribution in [1.82, 2.24) is 9.78 Å². The third-order valence-electron chi connectivity index (χ3n) is 4.65. The van der Waals surface area contributed by atoms with Gasteiger partial charge in [0.05, 0.1) is 15.5 Å². The van der Waals surface area contributed by atoms with Crippen LogP contribution in [0.4, 0.5) is 20.7 Å². The topological polar surface area (TPSA) is 47.4 Å². The van der Waals surface area contributed by atoms with Crippen LogP contribution in [-0.2, 0) is 17.4 Å². The Bertz CT molecular complexity index is 779. The summed E-state index contributed by atoms with van der Waals surface area (Å²) in [5.41, 5.74) is 0.369. The fourth-order valence-electron chi connectivity index (χ4n) is 3.63. The van der Waals surface area contributed by atoms with Gasteiger partial charge in [0.2, 0.25) is 0 Å². The Morgan fingerprint density at radius 2 is 2.09 bits per heavy atom. The normalized spacial score (nSPS) is 19.1. The first-order chi connectivity index (χ1) is 11.0. The molecule has 1 saturated carbocycles. The quantitative estimate of drug-likeness (QED) is 0.641. The summed E-state index contributed by atoms with van der Waals surface area (Å²) in [5, 5.41) is 4.15. The van der Waals surface area contributed by atoms with Crippen molar-refractivity contribution in [3.8, 4) is 0 Å². The van der Waals surface area contributed by atoms with E-state index < -0.39 is 17.5 Å². The van der Waals surface area contributed by atoms with Crippen molar-refractivity contribution >= 4 is 40.2 Å². The summed E-state index contributed by atoms with van der Waals surface area (Å²) in [6.45, 7) is 0. The lowest BCUT2D eigenvalue weighted by atomic mass is 9.88. The molecule has 2 aromatic rings. The molecular formula is C16H15FIN3O2. The van der Waals surface area contributed by atoms with Crippen LogP contribution in [0.2, 0.25) is 0 Å². The Labute approximate surface area is 146 Å². The lowest BCUT2D eigenvalue weighted by molar-refractivity contribution is 0.0121. The van der Waals surface area contributed by atoms with Crippen LogP contribution in [0.15, 0.2) is 24.4 Å². The van der Waals surface area contributed by atoms with Gasteiger partial charge in [-0.25, -0.2) is 14.1 Å². The van der Waals surface area contributed by atoms with E-state index in [0.717, 1.165) is 34.8 Å². The number of nitrogens with zero attached hydrogens (tertiary/aromatic N) is 3. The van der Waals surface area contributed by atoms with Crippen molar-refractivity contribution in [2.75, 3.05) is 4.90 Å². The van der Waals surface area contributed by atoms with Crippen LogP contribution in [0.3, 0.4) is 0 Å². The van der Waals surface area contributed by atoms with Crippen LogP contribution in [0, 0.1) is 9.39 Å². The Hall–Kier alpha value is -1.64. The van der Waals surface area contributed by atoms with E-state index in [1.54, 1.807) is 24.0 Å². The zero-order valence-corrected chi connectivity index (χ0v) is 14.7. The van der Waals surface area contributed by atoms with Crippen molar-refractivity contribution in [2.24, 2.45) is 7.05 Å². The first kappa shape index (κ1) is 14.9. The highest BCUT2D eigenvalue weighted by molar-refractivity contribution is 14.1. The van der Waals surface area contributed by atoms with E-state index in [1.807, 2.05) is 6.07 Å². The number of ether oxygens (including phenoxy) is 1. The van der Waals surface area contributed by atoms with Crippen LogP contribution < -0.4 is 4.90 Å². The van der Waals surface area contributed by atoms with Gasteiger partial charge in [0.25, 0.3) is 0 Å². The third kappa shape index (κ3) is 2.09. The maximum atomic E-state index is 14.7. The minimum atomic E-state index is -0.685. The number of benzene rings is 1. The number of amides is 1. The number of fused-ring (bicyclic) bond motifs is 2. The number of aromatic nitrogens is 2. The van der Waals surface area contributed by atoms with Crippen molar-refractivity contribution in [3.63, 3.8) is 0 Å². The van der Waals surface area contributed by atoms with Crippen LogP contribution >= 0.6 is 22.6 Å². The Morgan fingerprint density at radius 1 is 1.35 bits per heavy atom. The molecule has 1 aromatic heterocycles. The molecule has 2 heterocycles. The Balaban J connectivity index is 1.97. The molecular weight excluding hydrogens is 412 g/mol. The second kappa shape index (κ2) is 5.19. The maximum Gasteiger partial charge on any atom is 0.421 e. The number of rotatable bonds is 1. The van der Waals surface area contributed by atoms with E-state index in [9.17, 15) is 9.18 Å². The number of carbonyl (C=O) groups excluding carboxylic acids is 1. The molecule has 1 amide bonds. The molecule has 0 atom stereocenters. The number of para-hydroxylation sites is 1. The molecule has 0 bridgehead atoms. The van der Waals surface area contributed by atoms with Crippen molar-refractivity contribution in [3.05, 3.63) is 39.3 Å². The van der Waals surface area contributed by atoms with Gasteiger partial charge in [0.15, 0.2) is 5.82 Å². The summed E-state index contributed by atoms with van der Waals surface area (Å²) in [6, 6.07) is 4.93. The molecule has 1 aromatic carbocycles. The smallest absolute Gasteiger partial charge is 0.421 e. The molecule has 2 aliphatic rings. The standard InChI is InChI=1S/C16H15FIN3O2/c1-20-14(12(18)9-19-20)21-13-10(5-4-6-11(13)17)16(23-15(21)22)7-2-3-8-16/h4-6,9H,2-3,7-8H2,1H3. The second-order valence-electron chi connectivity index (χ2n) is 5.98. The number of halogens is 2. The number of anilines is 2. The third-order valence-corrected chi connectivity index (χ3v) is 5.41. The molecule has 1 fully saturated rings. The molecule has 0 saturated heterocycles. The molecule has 7 heteroatoms. The SMILES string of the molecule is Cn1ncc(I)c1N1C(=O)OC2(CCCC2)c2cccc(F)c21. The lowest BCUT2D eigenvalue weighted by Gasteiger charge is -2.40. The van der Waals surface area contributed by atoms with Gasteiger partial charge in [-0.05, 0) is 54.3 Å². The minimum Gasteiger partial charge on any atom is -0.437 e. The molecule has 0 N–H and O–H groups in total. The molecule has 4 rings (SSSR count). The minimum absolute atomic E-state index is 0.298. The van der Waals surface area contributed by atoms with Gasteiger partial charge in [0, 0.05) is 12.6 Å². The van der Waals surface area contributed by atoms with Gasteiger partial charge in [-0.1, -0.05) is 12.1 Å². The summed E-state index contributed by atoms with van der Waals surface area (Å²) < 4.78 is 22.9. The van der Waals surface area contributed by atoms with Crippen LogP contribution in [0.25, 0.3) is 0 Å². The largest absolute Gasteiger partial charge is 0.437 e. The van der Waals surface area contributed by atoms with Gasteiger partial charge in [-0.15, -0.1) is 0 Å². The fraction of sp³-hybridized carbons (Fsp3) is 0.375. The van der Waals surface area contributed by atoms with Gasteiger partial charge in [0.1, 0.15) is 11.4 Å². The molecule has 5 nitrogen and oxygen atoms in total. The molecule has 0 radical (unpaired) electrons. The Kier molecular flexibility index (Phi) is 3.36. The van der Waals surface area contributed by atoms with E-state index in [2.05, 4.69) is 27.7 Å². The van der Waals surface area contributed by atoms with Gasteiger partial charge in [-0.3, -0.25) is 4.68 Å². The molecule has 1 aliphatic carbocycles. The average molecular weight is 427 g/mol. The van der Waals surface area contributed by atoms with Crippen molar-refractivity contribution in [2.45, 2.75) is 31.3 Å². The fourth-order valence-corrected chi connectivity index (χ4v) is 4.35. The average Bonchev–Trinajstić information content (AvgIpc) is 3.10. The van der Waals surface area contributed by atoms with Gasteiger partial charge < -0.3 is 4.74 Å². The summed E-state index contributed by atoms with van der Waals surface area (Å²) in [6.07, 6.45) is 4.55. The predicted octanol–water partition coefficient (Wildman–Crippen LogP) is 4.22. The number of hydrogen-bond donors (Lipinski definition) is 0. The van der Waals surface area contributed by atoms with Crippen LogP contribution in [-0.4, -0.2) is 15.9 Å². The van der Waals surface area contributed by atoms with Gasteiger partial charge >= 0.3 is 6.09 Å². The summed E-state index contributed by atoms with van der Waals surface area (Å²) in [4.78, 5) is 14.1. The molecule has 1 aliphatic heterocycles. The monoisotopic (exact) mass is 427 g/mol. The lowest BCUT2D eigenvalue weighted by Crippen LogP contribution is -2.44. The van der Waals surface area contributed by atoms with Crippen LogP contribution in [0.5, 0.6) is 0 Å². The molecule has 120 valence electrons. The predicted molar refractivity (Wildman–Crippen MR) is 91.1 cm³/mol. The van der Waals surface area contributed by atoms with E-state index in [1.165, 1.54) is 11.0 Å². The van der Waals surface area contributed by atoms with E-state index in [0.29, 0.717) is 11.5 Å². The molecule has 23 heavy (non-hydrogen) atoms. The van der Waals surface area contributed by atoms with E-state index in [4.69, 9.17) is 4.74 Å². The van der Waals surface area contributed by atoms with E-state index >= 15 is 0 Å². The zero-order chi connectivity index (χ0) is 16.2. The van der Waals surface area contributed by atoms with E-state index in [-0.39, 0.29) is 0 Å². The molecule has 1 spiro atoms. The van der Waals surface area contributed by atoms with Gasteiger partial charge in [-0.2, -0.15) is 5.10 Å². The maximum absolute atomic E-state index is 14.7. The highest BCUT2D eigenvalue weighted by atomic mass is 127. The summed E-state index contributed by atoms with van der Waals surface area (Å²) in [5.74, 6) is 0.109.